The molecule has 1 aromatic rings. The number of carbonyl (C=O) groups excluding carboxylic acids is 1. The SMILES string of the molecule is CCc1cc(C(=O)N2CCC(CC)(CC)CC2)cc(N)n1. The number of nitrogens with two attached hydrogens (primary N) is 1. The summed E-state index contributed by atoms with van der Waals surface area (Å²) in [5, 5.41) is 0. The molecule has 2 N–H and O–H groups in total. The van der Waals surface area contributed by atoms with Gasteiger partial charge in [-0.1, -0.05) is 33.6 Å². The average molecular weight is 289 g/mol. The van der Waals surface area contributed by atoms with E-state index in [2.05, 4.69) is 18.8 Å². The van der Waals surface area contributed by atoms with E-state index in [1.54, 1.807) is 6.07 Å². The Kier molecular flexibility index (Phi) is 4.86. The maximum Gasteiger partial charge on any atom is 0.254 e. The highest BCUT2D eigenvalue weighted by Crippen LogP contribution is 2.38. The van der Waals surface area contributed by atoms with E-state index in [1.165, 1.54) is 12.8 Å². The predicted molar refractivity (Wildman–Crippen MR) is 86.2 cm³/mol. The summed E-state index contributed by atoms with van der Waals surface area (Å²) in [6.07, 6.45) is 5.40. The molecule has 1 aromatic heterocycles. The standard InChI is InChI=1S/C17H27N3O/c1-4-14-11-13(12-15(18)19-14)16(21)20-9-7-17(5-2,6-3)8-10-20/h11-12H,4-10H2,1-3H3,(H2,18,19). The van der Waals surface area contributed by atoms with Gasteiger partial charge in [0.2, 0.25) is 0 Å². The molecule has 4 nitrogen and oxygen atoms in total. The maximum atomic E-state index is 12.7. The number of nitrogen functional groups attached to an aromatic ring is 1. The Bertz CT molecular complexity index is 499. The number of likely N-dealkylation sites (tertiary alicyclic amines) is 1. The van der Waals surface area contributed by atoms with Gasteiger partial charge in [-0.25, -0.2) is 4.98 Å². The normalized spacial score (nSPS) is 17.8. The quantitative estimate of drug-likeness (QED) is 0.925. The summed E-state index contributed by atoms with van der Waals surface area (Å²) in [6.45, 7) is 8.25. The molecule has 21 heavy (non-hydrogen) atoms. The first-order valence-electron chi connectivity index (χ1n) is 8.09. The van der Waals surface area contributed by atoms with Gasteiger partial charge in [0, 0.05) is 24.3 Å². The van der Waals surface area contributed by atoms with Crippen LogP contribution in [0.1, 0.15) is 62.5 Å². The molecule has 0 aliphatic carbocycles. The monoisotopic (exact) mass is 289 g/mol. The van der Waals surface area contributed by atoms with Gasteiger partial charge in [0.05, 0.1) is 0 Å². The van der Waals surface area contributed by atoms with Crippen LogP contribution in [0.4, 0.5) is 5.82 Å². The Morgan fingerprint density at radius 3 is 2.38 bits per heavy atom. The smallest absolute Gasteiger partial charge is 0.254 e. The highest BCUT2D eigenvalue weighted by molar-refractivity contribution is 5.95. The number of hydrogen-bond donors (Lipinski definition) is 1. The van der Waals surface area contributed by atoms with Crippen molar-refractivity contribution in [2.75, 3.05) is 18.8 Å². The Balaban J connectivity index is 2.10. The average Bonchev–Trinajstić information content (AvgIpc) is 2.53. The summed E-state index contributed by atoms with van der Waals surface area (Å²) >= 11 is 0. The van der Waals surface area contributed by atoms with E-state index in [-0.39, 0.29) is 5.91 Å². The summed E-state index contributed by atoms with van der Waals surface area (Å²) in [5.74, 6) is 0.533. The molecule has 0 atom stereocenters. The van der Waals surface area contributed by atoms with E-state index < -0.39 is 0 Å². The second-order valence-electron chi connectivity index (χ2n) is 6.12. The number of hydrogen-bond acceptors (Lipinski definition) is 3. The number of aryl methyl sites for hydroxylation is 1. The van der Waals surface area contributed by atoms with Crippen molar-refractivity contribution in [3.63, 3.8) is 0 Å². The van der Waals surface area contributed by atoms with Crippen LogP contribution in [0.15, 0.2) is 12.1 Å². The maximum absolute atomic E-state index is 12.7. The number of anilines is 1. The summed E-state index contributed by atoms with van der Waals surface area (Å²) in [7, 11) is 0. The third kappa shape index (κ3) is 3.36. The molecule has 0 aromatic carbocycles. The van der Waals surface area contributed by atoms with Crippen LogP contribution in [0.5, 0.6) is 0 Å². The number of rotatable bonds is 4. The molecule has 0 bridgehead atoms. The number of nitrogens with zero attached hydrogens (tertiary/aromatic N) is 2. The fourth-order valence-electron chi connectivity index (χ4n) is 3.24. The van der Waals surface area contributed by atoms with E-state index in [9.17, 15) is 4.79 Å². The van der Waals surface area contributed by atoms with Crippen molar-refractivity contribution in [3.05, 3.63) is 23.4 Å². The largest absolute Gasteiger partial charge is 0.384 e. The van der Waals surface area contributed by atoms with Crippen LogP contribution in [0.3, 0.4) is 0 Å². The van der Waals surface area contributed by atoms with Crippen molar-refractivity contribution in [3.8, 4) is 0 Å². The Labute approximate surface area is 127 Å². The van der Waals surface area contributed by atoms with Gasteiger partial charge in [0.25, 0.3) is 5.91 Å². The Morgan fingerprint density at radius 1 is 1.24 bits per heavy atom. The first-order valence-corrected chi connectivity index (χ1v) is 8.09. The highest BCUT2D eigenvalue weighted by atomic mass is 16.2. The summed E-state index contributed by atoms with van der Waals surface area (Å²) in [6, 6.07) is 3.57. The molecule has 1 aliphatic heterocycles. The number of amides is 1. The van der Waals surface area contributed by atoms with Gasteiger partial charge < -0.3 is 10.6 Å². The molecule has 2 rings (SSSR count). The van der Waals surface area contributed by atoms with Crippen LogP contribution >= 0.6 is 0 Å². The number of aromatic nitrogens is 1. The Morgan fingerprint density at radius 2 is 1.86 bits per heavy atom. The lowest BCUT2D eigenvalue weighted by Gasteiger charge is -2.41. The zero-order valence-electron chi connectivity index (χ0n) is 13.5. The number of piperidine rings is 1. The van der Waals surface area contributed by atoms with Crippen molar-refractivity contribution in [2.45, 2.75) is 52.9 Å². The second kappa shape index (κ2) is 6.46. The molecule has 2 heterocycles. The zero-order valence-corrected chi connectivity index (χ0v) is 13.5. The molecule has 4 heteroatoms. The van der Waals surface area contributed by atoms with Crippen LogP contribution in [0.25, 0.3) is 0 Å². The topological polar surface area (TPSA) is 59.2 Å². The van der Waals surface area contributed by atoms with Crippen LogP contribution in [-0.2, 0) is 6.42 Å². The van der Waals surface area contributed by atoms with Gasteiger partial charge >= 0.3 is 0 Å². The van der Waals surface area contributed by atoms with Gasteiger partial charge in [-0.15, -0.1) is 0 Å². The minimum atomic E-state index is 0.0969. The minimum Gasteiger partial charge on any atom is -0.384 e. The first-order chi connectivity index (χ1) is 10.0. The summed E-state index contributed by atoms with van der Waals surface area (Å²) in [5.41, 5.74) is 7.80. The van der Waals surface area contributed by atoms with Crippen LogP contribution in [0, 0.1) is 5.41 Å². The zero-order chi connectivity index (χ0) is 15.5. The van der Waals surface area contributed by atoms with Crippen molar-refractivity contribution >= 4 is 11.7 Å². The number of carbonyl (C=O) groups is 1. The van der Waals surface area contributed by atoms with Crippen LogP contribution in [0.2, 0.25) is 0 Å². The van der Waals surface area contributed by atoms with Crippen molar-refractivity contribution in [1.82, 2.24) is 9.88 Å². The van der Waals surface area contributed by atoms with Crippen LogP contribution in [-0.4, -0.2) is 28.9 Å². The van der Waals surface area contributed by atoms with Gasteiger partial charge in [-0.05, 0) is 36.8 Å². The lowest BCUT2D eigenvalue weighted by Crippen LogP contribution is -2.42. The van der Waals surface area contributed by atoms with Gasteiger partial charge in [-0.2, -0.15) is 0 Å². The molecule has 1 amide bonds. The van der Waals surface area contributed by atoms with Crippen LogP contribution < -0.4 is 5.73 Å². The first kappa shape index (κ1) is 15.8. The lowest BCUT2D eigenvalue weighted by atomic mass is 9.74. The minimum absolute atomic E-state index is 0.0969. The molecule has 1 saturated heterocycles. The van der Waals surface area contributed by atoms with Crippen molar-refractivity contribution in [1.29, 1.82) is 0 Å². The number of pyridine rings is 1. The molecule has 1 fully saturated rings. The fourth-order valence-corrected chi connectivity index (χ4v) is 3.24. The molecule has 1 aliphatic rings. The second-order valence-corrected chi connectivity index (χ2v) is 6.12. The Hall–Kier alpha value is -1.58. The highest BCUT2D eigenvalue weighted by Gasteiger charge is 2.33. The van der Waals surface area contributed by atoms with Gasteiger partial charge in [0.1, 0.15) is 5.82 Å². The van der Waals surface area contributed by atoms with Gasteiger partial charge in [-0.3, -0.25) is 4.79 Å². The molecule has 0 saturated carbocycles. The summed E-state index contributed by atoms with van der Waals surface area (Å²) in [4.78, 5) is 18.9. The summed E-state index contributed by atoms with van der Waals surface area (Å²) < 4.78 is 0. The predicted octanol–water partition coefficient (Wildman–Crippen LogP) is 3.27. The van der Waals surface area contributed by atoms with Crippen molar-refractivity contribution < 1.29 is 4.79 Å². The third-order valence-electron chi connectivity index (χ3n) is 5.12. The van der Waals surface area contributed by atoms with E-state index in [0.29, 0.717) is 16.8 Å². The molecule has 0 radical (unpaired) electrons. The van der Waals surface area contributed by atoms with Gasteiger partial charge in [0.15, 0.2) is 0 Å². The fraction of sp³-hybridized carbons (Fsp3) is 0.647. The molecular weight excluding hydrogens is 262 g/mol. The van der Waals surface area contributed by atoms with Crippen molar-refractivity contribution in [2.24, 2.45) is 5.41 Å². The third-order valence-corrected chi connectivity index (χ3v) is 5.12. The molecule has 0 unspecified atom stereocenters. The molecule has 0 spiro atoms. The van der Waals surface area contributed by atoms with E-state index >= 15 is 0 Å². The van der Waals surface area contributed by atoms with E-state index in [1.807, 2.05) is 17.9 Å². The van der Waals surface area contributed by atoms with E-state index in [0.717, 1.165) is 38.0 Å². The van der Waals surface area contributed by atoms with E-state index in [4.69, 9.17) is 5.73 Å². The molecule has 116 valence electrons. The lowest BCUT2D eigenvalue weighted by molar-refractivity contribution is 0.0557. The molecular formula is C17H27N3O.